The first-order valence-corrected chi connectivity index (χ1v) is 9.70. The maximum Gasteiger partial charge on any atom is 0.233 e. The summed E-state index contributed by atoms with van der Waals surface area (Å²) in [7, 11) is 0. The highest BCUT2D eigenvalue weighted by atomic mass is 127. The highest BCUT2D eigenvalue weighted by Crippen LogP contribution is 2.32. The summed E-state index contributed by atoms with van der Waals surface area (Å²) in [5, 5.41) is 13.9. The van der Waals surface area contributed by atoms with Crippen molar-refractivity contribution in [2.75, 3.05) is 5.32 Å². The number of aliphatic hydroxyl groups excluding tert-OH is 1. The first-order chi connectivity index (χ1) is 12.2. The van der Waals surface area contributed by atoms with Crippen molar-refractivity contribution in [3.8, 4) is 0 Å². The molecule has 5 heteroatoms. The van der Waals surface area contributed by atoms with Crippen LogP contribution >= 0.6 is 22.6 Å². The lowest BCUT2D eigenvalue weighted by Crippen LogP contribution is -2.30. The smallest absolute Gasteiger partial charge is 0.233 e. The number of para-hydroxylation sites is 1. The zero-order valence-corrected chi connectivity index (χ0v) is 17.7. The fourth-order valence-corrected chi connectivity index (χ4v) is 3.42. The second-order valence-electron chi connectivity index (χ2n) is 6.79. The predicted molar refractivity (Wildman–Crippen MR) is 113 cm³/mol. The summed E-state index contributed by atoms with van der Waals surface area (Å²) in [6, 6.07) is 7.59. The Kier molecular flexibility index (Phi) is 6.81. The minimum Gasteiger partial charge on any atom is -0.505 e. The van der Waals surface area contributed by atoms with Crippen LogP contribution in [0.3, 0.4) is 0 Å². The van der Waals surface area contributed by atoms with E-state index >= 15 is 0 Å². The lowest BCUT2D eigenvalue weighted by atomic mass is 9.83. The molecular formula is C21H24INO3. The van der Waals surface area contributed by atoms with Crippen LogP contribution in [0.2, 0.25) is 0 Å². The van der Waals surface area contributed by atoms with E-state index in [0.29, 0.717) is 12.1 Å². The molecule has 2 N–H and O–H groups in total. The van der Waals surface area contributed by atoms with E-state index in [2.05, 4.69) is 34.0 Å². The van der Waals surface area contributed by atoms with E-state index < -0.39 is 11.6 Å². The number of halogens is 1. The molecule has 0 aliphatic heterocycles. The lowest BCUT2D eigenvalue weighted by molar-refractivity contribution is -0.132. The topological polar surface area (TPSA) is 66.4 Å². The normalized spacial score (nSPS) is 16.0. The van der Waals surface area contributed by atoms with Crippen molar-refractivity contribution in [1.82, 2.24) is 0 Å². The van der Waals surface area contributed by atoms with Gasteiger partial charge in [0.15, 0.2) is 0 Å². The van der Waals surface area contributed by atoms with Crippen LogP contribution < -0.4 is 5.32 Å². The van der Waals surface area contributed by atoms with E-state index in [-0.39, 0.29) is 22.8 Å². The zero-order valence-electron chi connectivity index (χ0n) is 15.5. The van der Waals surface area contributed by atoms with Crippen LogP contribution in [0.25, 0.3) is 0 Å². The SMILES string of the molecule is CC(C)=CCC[C@@H](C)C1=C(O)C(Nc2ccccc2I)=C(C)C(=O)C1=O. The summed E-state index contributed by atoms with van der Waals surface area (Å²) in [5.74, 6) is -1.48. The van der Waals surface area contributed by atoms with Crippen LogP contribution in [0, 0.1) is 9.49 Å². The van der Waals surface area contributed by atoms with Gasteiger partial charge in [0, 0.05) is 9.14 Å². The van der Waals surface area contributed by atoms with Crippen LogP contribution in [0.1, 0.15) is 40.5 Å². The predicted octanol–water partition coefficient (Wildman–Crippen LogP) is 5.32. The van der Waals surface area contributed by atoms with Gasteiger partial charge >= 0.3 is 0 Å². The van der Waals surface area contributed by atoms with Crippen LogP contribution in [0.15, 0.2) is 58.5 Å². The van der Waals surface area contributed by atoms with Crippen LogP contribution in [0.4, 0.5) is 5.69 Å². The number of carbonyl (C=O) groups excluding carboxylic acids is 2. The Morgan fingerprint density at radius 3 is 2.50 bits per heavy atom. The molecule has 2 rings (SSSR count). The fourth-order valence-electron chi connectivity index (χ4n) is 2.90. The molecule has 0 amide bonds. The number of ketones is 2. The van der Waals surface area contributed by atoms with Crippen molar-refractivity contribution in [1.29, 1.82) is 0 Å². The maximum absolute atomic E-state index is 12.5. The van der Waals surface area contributed by atoms with Gasteiger partial charge in [-0.3, -0.25) is 9.59 Å². The summed E-state index contributed by atoms with van der Waals surface area (Å²) in [6.45, 7) is 7.48. The van der Waals surface area contributed by atoms with Gasteiger partial charge in [0.05, 0.1) is 17.0 Å². The Morgan fingerprint density at radius 1 is 1.23 bits per heavy atom. The van der Waals surface area contributed by atoms with Gasteiger partial charge in [0.2, 0.25) is 11.6 Å². The summed E-state index contributed by atoms with van der Waals surface area (Å²) >= 11 is 2.18. The second kappa shape index (κ2) is 8.66. The average molecular weight is 465 g/mol. The van der Waals surface area contributed by atoms with Gasteiger partial charge in [-0.15, -0.1) is 0 Å². The van der Waals surface area contributed by atoms with E-state index in [1.165, 1.54) is 5.57 Å². The molecule has 26 heavy (non-hydrogen) atoms. The summed E-state index contributed by atoms with van der Waals surface area (Å²) in [4.78, 5) is 24.9. The minimum atomic E-state index is -0.599. The largest absolute Gasteiger partial charge is 0.505 e. The quantitative estimate of drug-likeness (QED) is 0.258. The van der Waals surface area contributed by atoms with Crippen molar-refractivity contribution in [2.45, 2.75) is 40.5 Å². The fraction of sp³-hybridized carbons (Fsp3) is 0.333. The number of carbonyl (C=O) groups is 2. The molecule has 0 fully saturated rings. The highest BCUT2D eigenvalue weighted by molar-refractivity contribution is 14.1. The summed E-state index contributed by atoms with van der Waals surface area (Å²) in [5.41, 5.74) is 2.76. The number of allylic oxidation sites excluding steroid dienone is 4. The molecule has 0 saturated carbocycles. The average Bonchev–Trinajstić information content (AvgIpc) is 2.58. The number of hydrogen-bond acceptors (Lipinski definition) is 4. The van der Waals surface area contributed by atoms with Gasteiger partial charge in [-0.1, -0.05) is 30.7 Å². The molecule has 1 aliphatic carbocycles. The number of rotatable bonds is 6. The van der Waals surface area contributed by atoms with Gasteiger partial charge in [0.1, 0.15) is 5.76 Å². The van der Waals surface area contributed by atoms with Crippen molar-refractivity contribution >= 4 is 39.8 Å². The molecule has 0 heterocycles. The molecule has 0 saturated heterocycles. The zero-order chi connectivity index (χ0) is 19.4. The Bertz CT molecular complexity index is 829. The first-order valence-electron chi connectivity index (χ1n) is 8.62. The Labute approximate surface area is 168 Å². The van der Waals surface area contributed by atoms with Crippen molar-refractivity contribution in [3.63, 3.8) is 0 Å². The molecule has 0 aromatic heterocycles. The summed E-state index contributed by atoms with van der Waals surface area (Å²) < 4.78 is 0.959. The van der Waals surface area contributed by atoms with Crippen LogP contribution in [0.5, 0.6) is 0 Å². The standard InChI is InChI=1S/C21H24INO3/c1-12(2)8-7-9-13(3)17-20(25)18(14(4)19(24)21(17)26)23-16-11-6-5-10-15(16)22/h5-6,8,10-11,13,23,25H,7,9H2,1-4H3/t13-/m1/s1. The van der Waals surface area contributed by atoms with Gasteiger partial charge in [-0.25, -0.2) is 0 Å². The third-order valence-electron chi connectivity index (χ3n) is 4.44. The molecule has 0 bridgehead atoms. The van der Waals surface area contributed by atoms with Gasteiger partial charge < -0.3 is 10.4 Å². The van der Waals surface area contributed by atoms with Gasteiger partial charge in [-0.2, -0.15) is 0 Å². The van der Waals surface area contributed by atoms with Crippen LogP contribution in [-0.2, 0) is 9.59 Å². The van der Waals surface area contributed by atoms with Crippen molar-refractivity contribution in [3.05, 3.63) is 62.1 Å². The molecule has 1 atom stereocenters. The minimum absolute atomic E-state index is 0.114. The first kappa shape index (κ1) is 20.4. The number of aliphatic hydroxyl groups is 1. The van der Waals surface area contributed by atoms with Crippen LogP contribution in [-0.4, -0.2) is 16.7 Å². The number of Topliss-reactive ketones (excluding diaryl/α,β-unsaturated/α-hetero) is 2. The Morgan fingerprint density at radius 2 is 1.88 bits per heavy atom. The number of nitrogens with one attached hydrogen (secondary N) is 1. The molecule has 1 aliphatic rings. The highest BCUT2D eigenvalue weighted by Gasteiger charge is 2.35. The molecule has 1 aromatic carbocycles. The second-order valence-corrected chi connectivity index (χ2v) is 7.95. The molecule has 4 nitrogen and oxygen atoms in total. The van der Waals surface area contributed by atoms with Crippen molar-refractivity contribution < 1.29 is 14.7 Å². The summed E-state index contributed by atoms with van der Waals surface area (Å²) in [6.07, 6.45) is 3.58. The van der Waals surface area contributed by atoms with Gasteiger partial charge in [0.25, 0.3) is 0 Å². The van der Waals surface area contributed by atoms with Crippen molar-refractivity contribution in [2.24, 2.45) is 5.92 Å². The molecule has 1 aromatic rings. The molecule has 0 unspecified atom stereocenters. The monoisotopic (exact) mass is 465 g/mol. The number of anilines is 1. The third kappa shape index (κ3) is 4.44. The molecular weight excluding hydrogens is 441 g/mol. The lowest BCUT2D eigenvalue weighted by Gasteiger charge is -2.24. The Balaban J connectivity index is 2.39. The molecule has 138 valence electrons. The Hall–Kier alpha value is -1.89. The molecule has 0 spiro atoms. The molecule has 0 radical (unpaired) electrons. The number of hydrogen-bond donors (Lipinski definition) is 2. The van der Waals surface area contributed by atoms with E-state index in [9.17, 15) is 14.7 Å². The van der Waals surface area contributed by atoms with E-state index in [0.717, 1.165) is 15.7 Å². The van der Waals surface area contributed by atoms with E-state index in [1.54, 1.807) is 6.92 Å². The third-order valence-corrected chi connectivity index (χ3v) is 5.38. The van der Waals surface area contributed by atoms with Gasteiger partial charge in [-0.05, 0) is 74.3 Å². The van der Waals surface area contributed by atoms with E-state index in [4.69, 9.17) is 0 Å². The van der Waals surface area contributed by atoms with E-state index in [1.807, 2.05) is 45.0 Å². The maximum atomic E-state index is 12.5. The number of benzene rings is 1.